The average molecular weight is 235 g/mol. The zero-order valence-electron chi connectivity index (χ0n) is 10.7. The Hall–Kier alpha value is -1.35. The monoisotopic (exact) mass is 235 g/mol. The fraction of sp³-hybridized carbons (Fsp3) is 0.500. The second-order valence-electron chi connectivity index (χ2n) is 4.14. The second kappa shape index (κ2) is 7.07. The van der Waals surface area contributed by atoms with E-state index in [1.54, 1.807) is 0 Å². The van der Waals surface area contributed by atoms with E-state index in [2.05, 4.69) is 6.92 Å². The zero-order chi connectivity index (χ0) is 12.7. The van der Waals surface area contributed by atoms with Gasteiger partial charge in [0.15, 0.2) is 0 Å². The van der Waals surface area contributed by atoms with Crippen molar-refractivity contribution in [1.29, 1.82) is 0 Å². The van der Waals surface area contributed by atoms with E-state index in [-0.39, 0.29) is 5.97 Å². The van der Waals surface area contributed by atoms with Crippen LogP contribution in [0.3, 0.4) is 0 Å². The van der Waals surface area contributed by atoms with Gasteiger partial charge in [-0.15, -0.1) is 0 Å². The first-order valence-corrected chi connectivity index (χ1v) is 6.13. The molecule has 2 N–H and O–H groups in total. The molecule has 0 saturated carbocycles. The normalized spacial score (nSPS) is 10.3. The molecule has 0 aliphatic heterocycles. The van der Waals surface area contributed by atoms with Gasteiger partial charge in [0.2, 0.25) is 0 Å². The lowest BCUT2D eigenvalue weighted by atomic mass is 10.0. The molecule has 1 rings (SSSR count). The Bertz CT molecular complexity index is 374. The molecule has 0 atom stereocenters. The molecule has 3 nitrogen and oxygen atoms in total. The maximum atomic E-state index is 11.5. The minimum atomic E-state index is -0.314. The molecule has 0 aliphatic carbocycles. The maximum Gasteiger partial charge on any atom is 0.338 e. The Labute approximate surface area is 103 Å². The number of ether oxygens (including phenoxy) is 1. The first kappa shape index (κ1) is 13.7. The highest BCUT2D eigenvalue weighted by molar-refractivity contribution is 5.91. The molecule has 0 heterocycles. The molecule has 0 bridgehead atoms. The number of benzene rings is 1. The van der Waals surface area contributed by atoms with Crippen LogP contribution in [0.1, 0.15) is 47.7 Å². The van der Waals surface area contributed by atoms with Crippen molar-refractivity contribution >= 4 is 5.97 Å². The van der Waals surface area contributed by atoms with E-state index in [4.69, 9.17) is 10.5 Å². The molecular weight excluding hydrogens is 214 g/mol. The highest BCUT2D eigenvalue weighted by Gasteiger charge is 2.10. The van der Waals surface area contributed by atoms with Crippen molar-refractivity contribution in [2.24, 2.45) is 5.73 Å². The summed E-state index contributed by atoms with van der Waals surface area (Å²) in [6.07, 6.45) is 4.67. The molecule has 0 fully saturated rings. The van der Waals surface area contributed by atoms with Crippen LogP contribution >= 0.6 is 0 Å². The summed E-state index contributed by atoms with van der Waals surface area (Å²) in [7, 11) is 1.39. The molecule has 17 heavy (non-hydrogen) atoms. The first-order chi connectivity index (χ1) is 8.22. The highest BCUT2D eigenvalue weighted by atomic mass is 16.5. The maximum absolute atomic E-state index is 11.5. The summed E-state index contributed by atoms with van der Waals surface area (Å²) >= 11 is 0. The van der Waals surface area contributed by atoms with Crippen molar-refractivity contribution in [3.8, 4) is 0 Å². The summed E-state index contributed by atoms with van der Waals surface area (Å²) in [6, 6.07) is 5.82. The number of carbonyl (C=O) groups is 1. The SMILES string of the molecule is CCCCCc1ccc(C(=O)OC)c(CN)c1. The minimum Gasteiger partial charge on any atom is -0.465 e. The molecule has 0 aliphatic rings. The van der Waals surface area contributed by atoms with Gasteiger partial charge in [-0.05, 0) is 30.0 Å². The van der Waals surface area contributed by atoms with Crippen LogP contribution in [0.4, 0.5) is 0 Å². The van der Waals surface area contributed by atoms with Crippen molar-refractivity contribution < 1.29 is 9.53 Å². The van der Waals surface area contributed by atoms with Gasteiger partial charge in [-0.2, -0.15) is 0 Å². The summed E-state index contributed by atoms with van der Waals surface area (Å²) in [6.45, 7) is 2.55. The first-order valence-electron chi connectivity index (χ1n) is 6.13. The van der Waals surface area contributed by atoms with E-state index in [9.17, 15) is 4.79 Å². The van der Waals surface area contributed by atoms with Gasteiger partial charge in [0.05, 0.1) is 12.7 Å². The summed E-state index contributed by atoms with van der Waals surface area (Å²) < 4.78 is 4.72. The number of carbonyl (C=O) groups excluding carboxylic acids is 1. The molecule has 0 amide bonds. The number of hydrogen-bond acceptors (Lipinski definition) is 3. The summed E-state index contributed by atoms with van der Waals surface area (Å²) in [5.74, 6) is -0.314. The Balaban J connectivity index is 2.81. The van der Waals surface area contributed by atoms with E-state index in [1.165, 1.54) is 31.9 Å². The Morgan fingerprint density at radius 1 is 1.35 bits per heavy atom. The number of unbranched alkanes of at least 4 members (excludes halogenated alkanes) is 2. The Kier molecular flexibility index (Phi) is 5.70. The molecular formula is C14H21NO2. The van der Waals surface area contributed by atoms with Crippen molar-refractivity contribution in [3.63, 3.8) is 0 Å². The van der Waals surface area contributed by atoms with E-state index in [1.807, 2.05) is 18.2 Å². The third-order valence-electron chi connectivity index (χ3n) is 2.86. The molecule has 1 aromatic rings. The van der Waals surface area contributed by atoms with Crippen molar-refractivity contribution in [2.75, 3.05) is 7.11 Å². The number of nitrogens with two attached hydrogens (primary N) is 1. The molecule has 0 spiro atoms. The zero-order valence-corrected chi connectivity index (χ0v) is 10.7. The van der Waals surface area contributed by atoms with Gasteiger partial charge in [-0.1, -0.05) is 31.9 Å². The average Bonchev–Trinajstić information content (AvgIpc) is 2.38. The fourth-order valence-corrected chi connectivity index (χ4v) is 1.86. The Morgan fingerprint density at radius 3 is 2.71 bits per heavy atom. The number of methoxy groups -OCH3 is 1. The van der Waals surface area contributed by atoms with Crippen molar-refractivity contribution in [2.45, 2.75) is 39.2 Å². The molecule has 94 valence electrons. The van der Waals surface area contributed by atoms with Crippen LogP contribution in [0.5, 0.6) is 0 Å². The third kappa shape index (κ3) is 3.86. The van der Waals surface area contributed by atoms with Gasteiger partial charge in [0.25, 0.3) is 0 Å². The summed E-state index contributed by atoms with van der Waals surface area (Å²) in [5, 5.41) is 0. The van der Waals surface area contributed by atoms with Crippen molar-refractivity contribution in [1.82, 2.24) is 0 Å². The predicted molar refractivity (Wildman–Crippen MR) is 68.9 cm³/mol. The lowest BCUT2D eigenvalue weighted by Crippen LogP contribution is -2.09. The number of rotatable bonds is 6. The molecule has 1 aromatic carbocycles. The van der Waals surface area contributed by atoms with Crippen LogP contribution in [-0.2, 0) is 17.7 Å². The van der Waals surface area contributed by atoms with E-state index >= 15 is 0 Å². The van der Waals surface area contributed by atoms with Gasteiger partial charge in [-0.25, -0.2) is 4.79 Å². The van der Waals surface area contributed by atoms with E-state index < -0.39 is 0 Å². The minimum absolute atomic E-state index is 0.314. The lowest BCUT2D eigenvalue weighted by Gasteiger charge is -2.08. The molecule has 0 saturated heterocycles. The highest BCUT2D eigenvalue weighted by Crippen LogP contribution is 2.15. The fourth-order valence-electron chi connectivity index (χ4n) is 1.86. The Morgan fingerprint density at radius 2 is 2.12 bits per heavy atom. The van der Waals surface area contributed by atoms with E-state index in [0.29, 0.717) is 12.1 Å². The molecule has 0 aromatic heterocycles. The van der Waals surface area contributed by atoms with Crippen LogP contribution in [0.25, 0.3) is 0 Å². The summed E-state index contributed by atoms with van der Waals surface area (Å²) in [4.78, 5) is 11.5. The lowest BCUT2D eigenvalue weighted by molar-refractivity contribution is 0.0599. The van der Waals surface area contributed by atoms with Crippen LogP contribution in [0, 0.1) is 0 Å². The van der Waals surface area contributed by atoms with Gasteiger partial charge in [0.1, 0.15) is 0 Å². The topological polar surface area (TPSA) is 52.3 Å². The van der Waals surface area contributed by atoms with Crippen LogP contribution in [-0.4, -0.2) is 13.1 Å². The van der Waals surface area contributed by atoms with Crippen LogP contribution in [0.2, 0.25) is 0 Å². The van der Waals surface area contributed by atoms with Crippen LogP contribution in [0.15, 0.2) is 18.2 Å². The quantitative estimate of drug-likeness (QED) is 0.609. The summed E-state index contributed by atoms with van der Waals surface area (Å²) in [5.41, 5.74) is 8.35. The van der Waals surface area contributed by atoms with Gasteiger partial charge < -0.3 is 10.5 Å². The molecule has 0 radical (unpaired) electrons. The molecule has 3 heteroatoms. The van der Waals surface area contributed by atoms with Gasteiger partial charge >= 0.3 is 5.97 Å². The molecule has 0 unspecified atom stereocenters. The smallest absolute Gasteiger partial charge is 0.338 e. The number of esters is 1. The number of aryl methyl sites for hydroxylation is 1. The van der Waals surface area contributed by atoms with Crippen LogP contribution < -0.4 is 5.73 Å². The largest absolute Gasteiger partial charge is 0.465 e. The van der Waals surface area contributed by atoms with E-state index in [0.717, 1.165) is 12.0 Å². The van der Waals surface area contributed by atoms with Gasteiger partial charge in [0, 0.05) is 6.54 Å². The van der Waals surface area contributed by atoms with Crippen molar-refractivity contribution in [3.05, 3.63) is 34.9 Å². The standard InChI is InChI=1S/C14H21NO2/c1-3-4-5-6-11-7-8-13(14(16)17-2)12(9-11)10-15/h7-9H,3-6,10,15H2,1-2H3. The third-order valence-corrected chi connectivity index (χ3v) is 2.86. The second-order valence-corrected chi connectivity index (χ2v) is 4.14. The van der Waals surface area contributed by atoms with Gasteiger partial charge in [-0.3, -0.25) is 0 Å². The number of hydrogen-bond donors (Lipinski definition) is 1. The predicted octanol–water partition coefficient (Wildman–Crippen LogP) is 2.66.